The lowest BCUT2D eigenvalue weighted by Gasteiger charge is -2.14. The van der Waals surface area contributed by atoms with Crippen molar-refractivity contribution in [2.45, 2.75) is 26.8 Å². The first-order valence-corrected chi connectivity index (χ1v) is 4.53. The molecule has 14 heavy (non-hydrogen) atoms. The highest BCUT2D eigenvalue weighted by atomic mass is 35.5. The van der Waals surface area contributed by atoms with Crippen molar-refractivity contribution in [1.82, 2.24) is 10.1 Å². The van der Waals surface area contributed by atoms with Crippen LogP contribution in [0.2, 0.25) is 0 Å². The first-order valence-electron chi connectivity index (χ1n) is 4.53. The van der Waals surface area contributed by atoms with E-state index in [-0.39, 0.29) is 18.4 Å². The standard InChI is InChI=1S/C8H16N4O.ClH/c1-4-12(5-2)8-10-7(6(3)9)13-11-8;/h6H,4-5,9H2,1-3H3;1H/t6-;/m0./s1. The lowest BCUT2D eigenvalue weighted by atomic mass is 10.4. The van der Waals surface area contributed by atoms with Gasteiger partial charge in [-0.3, -0.25) is 0 Å². The number of nitrogens with zero attached hydrogens (tertiary/aromatic N) is 3. The maximum atomic E-state index is 5.60. The zero-order valence-electron chi connectivity index (χ0n) is 8.73. The van der Waals surface area contributed by atoms with Crippen LogP contribution >= 0.6 is 12.4 Å². The fourth-order valence-corrected chi connectivity index (χ4v) is 1.05. The van der Waals surface area contributed by atoms with Gasteiger partial charge in [-0.05, 0) is 25.9 Å². The molecule has 0 saturated heterocycles. The highest BCUT2D eigenvalue weighted by Crippen LogP contribution is 2.12. The van der Waals surface area contributed by atoms with Crippen LogP contribution in [0.1, 0.15) is 32.7 Å². The summed E-state index contributed by atoms with van der Waals surface area (Å²) in [5, 5.41) is 3.84. The quantitative estimate of drug-likeness (QED) is 0.830. The monoisotopic (exact) mass is 220 g/mol. The van der Waals surface area contributed by atoms with Crippen molar-refractivity contribution in [1.29, 1.82) is 0 Å². The Labute approximate surface area is 90.1 Å². The second-order valence-corrected chi connectivity index (χ2v) is 2.89. The van der Waals surface area contributed by atoms with Crippen LogP contribution in [-0.2, 0) is 0 Å². The Bertz CT molecular complexity index is 260. The Morgan fingerprint density at radius 3 is 2.36 bits per heavy atom. The van der Waals surface area contributed by atoms with Gasteiger partial charge in [-0.2, -0.15) is 4.98 Å². The molecule has 0 aliphatic carbocycles. The number of anilines is 1. The van der Waals surface area contributed by atoms with Crippen LogP contribution < -0.4 is 10.6 Å². The SMILES string of the molecule is CCN(CC)c1noc([C@H](C)N)n1.Cl. The number of halogens is 1. The van der Waals surface area contributed by atoms with Gasteiger partial charge in [-0.25, -0.2) is 0 Å². The van der Waals surface area contributed by atoms with E-state index in [1.54, 1.807) is 0 Å². The predicted octanol–water partition coefficient (Wildman–Crippen LogP) is 1.36. The van der Waals surface area contributed by atoms with E-state index < -0.39 is 0 Å². The van der Waals surface area contributed by atoms with Crippen LogP contribution in [0.3, 0.4) is 0 Å². The third kappa shape index (κ3) is 2.85. The summed E-state index contributed by atoms with van der Waals surface area (Å²) in [5.41, 5.74) is 5.60. The Hall–Kier alpha value is -0.810. The van der Waals surface area contributed by atoms with E-state index in [0.717, 1.165) is 13.1 Å². The Morgan fingerprint density at radius 2 is 2.00 bits per heavy atom. The molecule has 1 atom stereocenters. The van der Waals surface area contributed by atoms with Crippen LogP contribution in [0.4, 0.5) is 5.95 Å². The Balaban J connectivity index is 0.00000169. The fraction of sp³-hybridized carbons (Fsp3) is 0.750. The second kappa shape index (κ2) is 5.82. The number of hydrogen-bond acceptors (Lipinski definition) is 5. The summed E-state index contributed by atoms with van der Waals surface area (Å²) in [6.07, 6.45) is 0. The molecule has 0 fully saturated rings. The highest BCUT2D eigenvalue weighted by Gasteiger charge is 2.13. The Morgan fingerprint density at radius 1 is 1.43 bits per heavy atom. The first-order chi connectivity index (χ1) is 6.19. The van der Waals surface area contributed by atoms with Gasteiger partial charge in [0.05, 0.1) is 6.04 Å². The third-order valence-corrected chi connectivity index (χ3v) is 1.87. The van der Waals surface area contributed by atoms with Crippen LogP contribution in [-0.4, -0.2) is 23.2 Å². The van der Waals surface area contributed by atoms with Gasteiger partial charge in [0.25, 0.3) is 5.95 Å². The van der Waals surface area contributed by atoms with Crippen LogP contribution in [0, 0.1) is 0 Å². The van der Waals surface area contributed by atoms with Gasteiger partial charge < -0.3 is 15.2 Å². The van der Waals surface area contributed by atoms with Gasteiger partial charge in [0.1, 0.15) is 0 Å². The van der Waals surface area contributed by atoms with Crippen LogP contribution in [0.15, 0.2) is 4.52 Å². The third-order valence-electron chi connectivity index (χ3n) is 1.87. The molecule has 0 spiro atoms. The maximum absolute atomic E-state index is 5.60. The molecule has 0 saturated carbocycles. The molecule has 1 aromatic heterocycles. The molecule has 1 aromatic rings. The van der Waals surface area contributed by atoms with E-state index in [1.807, 2.05) is 25.7 Å². The lowest BCUT2D eigenvalue weighted by molar-refractivity contribution is 0.361. The average molecular weight is 221 g/mol. The summed E-state index contributed by atoms with van der Waals surface area (Å²) >= 11 is 0. The zero-order valence-corrected chi connectivity index (χ0v) is 9.54. The highest BCUT2D eigenvalue weighted by molar-refractivity contribution is 5.85. The maximum Gasteiger partial charge on any atom is 0.266 e. The summed E-state index contributed by atoms with van der Waals surface area (Å²) in [6, 6.07) is -0.197. The van der Waals surface area contributed by atoms with Crippen LogP contribution in [0.5, 0.6) is 0 Å². The van der Waals surface area contributed by atoms with Gasteiger partial charge in [-0.1, -0.05) is 0 Å². The molecule has 0 aliphatic heterocycles. The molecule has 0 radical (unpaired) electrons. The van der Waals surface area contributed by atoms with E-state index in [1.165, 1.54) is 0 Å². The van der Waals surface area contributed by atoms with Gasteiger partial charge in [0, 0.05) is 13.1 Å². The molecular weight excluding hydrogens is 204 g/mol. The van der Waals surface area contributed by atoms with E-state index in [4.69, 9.17) is 10.3 Å². The zero-order chi connectivity index (χ0) is 9.84. The molecule has 1 rings (SSSR count). The second-order valence-electron chi connectivity index (χ2n) is 2.89. The largest absolute Gasteiger partial charge is 0.339 e. The summed E-state index contributed by atoms with van der Waals surface area (Å²) < 4.78 is 4.98. The average Bonchev–Trinajstić information content (AvgIpc) is 2.56. The van der Waals surface area contributed by atoms with Crippen molar-refractivity contribution in [2.24, 2.45) is 5.73 Å². The molecule has 6 heteroatoms. The minimum absolute atomic E-state index is 0. The number of rotatable bonds is 4. The van der Waals surface area contributed by atoms with Crippen molar-refractivity contribution in [3.05, 3.63) is 5.89 Å². The fourth-order valence-electron chi connectivity index (χ4n) is 1.05. The number of nitrogens with two attached hydrogens (primary N) is 1. The minimum Gasteiger partial charge on any atom is -0.339 e. The molecule has 1 heterocycles. The van der Waals surface area contributed by atoms with Gasteiger partial charge in [0.15, 0.2) is 0 Å². The molecule has 0 amide bonds. The molecule has 0 bridgehead atoms. The Kier molecular flexibility index (Phi) is 5.49. The summed E-state index contributed by atoms with van der Waals surface area (Å²) in [7, 11) is 0. The molecule has 0 aliphatic rings. The van der Waals surface area contributed by atoms with Crippen molar-refractivity contribution in [3.8, 4) is 0 Å². The number of aromatic nitrogens is 2. The van der Waals surface area contributed by atoms with E-state index in [2.05, 4.69) is 10.1 Å². The van der Waals surface area contributed by atoms with E-state index in [9.17, 15) is 0 Å². The molecule has 2 N–H and O–H groups in total. The summed E-state index contributed by atoms with van der Waals surface area (Å²) in [5.74, 6) is 1.11. The summed E-state index contributed by atoms with van der Waals surface area (Å²) in [6.45, 7) is 7.65. The normalized spacial score (nSPS) is 12.0. The van der Waals surface area contributed by atoms with Crippen molar-refractivity contribution in [2.75, 3.05) is 18.0 Å². The van der Waals surface area contributed by atoms with E-state index >= 15 is 0 Å². The molecule has 0 unspecified atom stereocenters. The van der Waals surface area contributed by atoms with Gasteiger partial charge >= 0.3 is 0 Å². The van der Waals surface area contributed by atoms with Gasteiger partial charge in [0.2, 0.25) is 5.89 Å². The topological polar surface area (TPSA) is 68.2 Å². The molecule has 0 aromatic carbocycles. The number of hydrogen-bond donors (Lipinski definition) is 1. The van der Waals surface area contributed by atoms with Crippen LogP contribution in [0.25, 0.3) is 0 Å². The summed E-state index contributed by atoms with van der Waals surface area (Å²) in [4.78, 5) is 6.18. The van der Waals surface area contributed by atoms with Gasteiger partial charge in [-0.15, -0.1) is 12.4 Å². The predicted molar refractivity (Wildman–Crippen MR) is 57.7 cm³/mol. The van der Waals surface area contributed by atoms with E-state index in [0.29, 0.717) is 11.8 Å². The minimum atomic E-state index is -0.197. The lowest BCUT2D eigenvalue weighted by Crippen LogP contribution is -2.23. The first kappa shape index (κ1) is 13.2. The molecule has 82 valence electrons. The molecule has 5 nitrogen and oxygen atoms in total. The smallest absolute Gasteiger partial charge is 0.266 e. The molecular formula is C8H17ClN4O. The van der Waals surface area contributed by atoms with Crippen molar-refractivity contribution >= 4 is 18.4 Å². The van der Waals surface area contributed by atoms with Crippen molar-refractivity contribution in [3.63, 3.8) is 0 Å². The van der Waals surface area contributed by atoms with Crippen molar-refractivity contribution < 1.29 is 4.52 Å².